The van der Waals surface area contributed by atoms with E-state index in [1.807, 2.05) is 103 Å². The second-order valence-corrected chi connectivity index (χ2v) is 9.10. The van der Waals surface area contributed by atoms with Crippen LogP contribution in [-0.2, 0) is 6.54 Å². The molecule has 4 aromatic rings. The summed E-state index contributed by atoms with van der Waals surface area (Å²) in [7, 11) is 0. The molecular weight excluding hydrogens is 422 g/mol. The van der Waals surface area contributed by atoms with Crippen molar-refractivity contribution >= 4 is 0 Å². The number of hydrogen-bond donors (Lipinski definition) is 1. The quantitative estimate of drug-likeness (QED) is 0.324. The lowest BCUT2D eigenvalue weighted by molar-refractivity contribution is 0.105. The zero-order chi connectivity index (χ0) is 23.3. The van der Waals surface area contributed by atoms with Crippen molar-refractivity contribution in [2.24, 2.45) is 5.92 Å². The molecule has 1 atom stereocenters. The largest absolute Gasteiger partial charge is 0.439 e. The number of aliphatic hydroxyl groups excluding tert-OH is 1. The molecule has 1 saturated carbocycles. The molecule has 0 spiro atoms. The molecule has 0 radical (unpaired) electrons. The van der Waals surface area contributed by atoms with Gasteiger partial charge in [0, 0.05) is 19.6 Å². The molecule has 5 rings (SSSR count). The Morgan fingerprint density at radius 2 is 1.56 bits per heavy atom. The maximum Gasteiger partial charge on any atom is 0.227 e. The van der Waals surface area contributed by atoms with Crippen LogP contribution in [0.3, 0.4) is 0 Å². The second kappa shape index (κ2) is 10.2. The molecule has 34 heavy (non-hydrogen) atoms. The van der Waals surface area contributed by atoms with E-state index in [-0.39, 0.29) is 0 Å². The van der Waals surface area contributed by atoms with Crippen LogP contribution in [0, 0.1) is 12.8 Å². The topological polar surface area (TPSA) is 50.5 Å². The fourth-order valence-corrected chi connectivity index (χ4v) is 4.29. The monoisotopic (exact) mass is 453 g/mol. The average Bonchev–Trinajstić information content (AvgIpc) is 3.65. The Morgan fingerprint density at radius 3 is 2.21 bits per heavy atom. The second-order valence-electron chi connectivity index (χ2n) is 9.10. The number of benzene rings is 3. The van der Waals surface area contributed by atoms with Crippen LogP contribution in [-0.4, -0.2) is 32.9 Å². The van der Waals surface area contributed by atoms with E-state index in [4.69, 9.17) is 9.84 Å². The van der Waals surface area contributed by atoms with Crippen molar-refractivity contribution in [3.63, 3.8) is 0 Å². The highest BCUT2D eigenvalue weighted by Gasteiger charge is 2.28. The zero-order valence-electron chi connectivity index (χ0n) is 19.5. The highest BCUT2D eigenvalue weighted by molar-refractivity contribution is 5.43. The Balaban J connectivity index is 1.47. The molecule has 0 bridgehead atoms. The number of ether oxygens (including phenoxy) is 1. The summed E-state index contributed by atoms with van der Waals surface area (Å²) >= 11 is 0. The van der Waals surface area contributed by atoms with E-state index in [0.717, 1.165) is 40.7 Å². The Labute approximate surface area is 201 Å². The molecular formula is C29H31N3O2. The summed E-state index contributed by atoms with van der Waals surface area (Å²) in [6.07, 6.45) is 1.98. The van der Waals surface area contributed by atoms with Crippen molar-refractivity contribution in [2.75, 3.05) is 13.1 Å². The van der Waals surface area contributed by atoms with Crippen molar-refractivity contribution in [1.82, 2.24) is 14.7 Å². The van der Waals surface area contributed by atoms with Gasteiger partial charge in [-0.25, -0.2) is 4.68 Å². The number of aryl methyl sites for hydroxylation is 1. The predicted octanol–water partition coefficient (Wildman–Crippen LogP) is 5.92. The van der Waals surface area contributed by atoms with Crippen LogP contribution in [0.2, 0.25) is 0 Å². The van der Waals surface area contributed by atoms with Gasteiger partial charge in [0.25, 0.3) is 0 Å². The van der Waals surface area contributed by atoms with Crippen LogP contribution in [0.1, 0.15) is 35.8 Å². The molecule has 1 aromatic heterocycles. The maximum atomic E-state index is 11.0. The van der Waals surface area contributed by atoms with Gasteiger partial charge in [0.15, 0.2) is 0 Å². The minimum Gasteiger partial charge on any atom is -0.439 e. The van der Waals surface area contributed by atoms with Crippen molar-refractivity contribution in [3.8, 4) is 17.3 Å². The van der Waals surface area contributed by atoms with Gasteiger partial charge in [-0.1, -0.05) is 66.7 Å². The van der Waals surface area contributed by atoms with Crippen LogP contribution >= 0.6 is 0 Å². The lowest BCUT2D eigenvalue weighted by atomic mass is 10.1. The highest BCUT2D eigenvalue weighted by atomic mass is 16.5. The van der Waals surface area contributed by atoms with E-state index in [9.17, 15) is 5.11 Å². The normalized spacial score (nSPS) is 14.3. The number of rotatable bonds is 10. The first-order valence-corrected chi connectivity index (χ1v) is 12.0. The molecule has 1 N–H and O–H groups in total. The first-order chi connectivity index (χ1) is 16.7. The highest BCUT2D eigenvalue weighted by Crippen LogP contribution is 2.34. The fourth-order valence-electron chi connectivity index (χ4n) is 4.29. The van der Waals surface area contributed by atoms with E-state index in [1.54, 1.807) is 0 Å². The number of aromatic nitrogens is 2. The molecule has 174 valence electrons. The lowest BCUT2D eigenvalue weighted by Crippen LogP contribution is -2.30. The number of aliphatic hydroxyl groups is 1. The fraction of sp³-hybridized carbons (Fsp3) is 0.276. The number of hydrogen-bond acceptors (Lipinski definition) is 4. The smallest absolute Gasteiger partial charge is 0.227 e. The summed E-state index contributed by atoms with van der Waals surface area (Å²) in [5.74, 6) is 2.20. The molecule has 0 amide bonds. The Morgan fingerprint density at radius 1 is 0.941 bits per heavy atom. The van der Waals surface area contributed by atoms with E-state index in [2.05, 4.69) is 4.90 Å². The van der Waals surface area contributed by atoms with Crippen LogP contribution in [0.25, 0.3) is 5.69 Å². The summed E-state index contributed by atoms with van der Waals surface area (Å²) in [5.41, 5.74) is 3.89. The minimum atomic E-state index is -0.539. The summed E-state index contributed by atoms with van der Waals surface area (Å²) in [4.78, 5) is 2.35. The van der Waals surface area contributed by atoms with Crippen molar-refractivity contribution in [1.29, 1.82) is 0 Å². The third-order valence-corrected chi connectivity index (χ3v) is 6.31. The van der Waals surface area contributed by atoms with Gasteiger partial charge in [-0.2, -0.15) is 5.10 Å². The third-order valence-electron chi connectivity index (χ3n) is 6.31. The van der Waals surface area contributed by atoms with Gasteiger partial charge in [0.05, 0.1) is 23.0 Å². The molecule has 0 saturated heterocycles. The van der Waals surface area contributed by atoms with Gasteiger partial charge in [0.2, 0.25) is 5.88 Å². The lowest BCUT2D eigenvalue weighted by Gasteiger charge is -2.25. The molecule has 0 aliphatic heterocycles. The van der Waals surface area contributed by atoms with Crippen LogP contribution in [0.5, 0.6) is 11.6 Å². The molecule has 1 heterocycles. The van der Waals surface area contributed by atoms with Gasteiger partial charge >= 0.3 is 0 Å². The van der Waals surface area contributed by atoms with Crippen molar-refractivity contribution in [2.45, 2.75) is 32.4 Å². The van der Waals surface area contributed by atoms with Crippen LogP contribution < -0.4 is 4.74 Å². The van der Waals surface area contributed by atoms with Gasteiger partial charge < -0.3 is 9.84 Å². The molecule has 3 aromatic carbocycles. The van der Waals surface area contributed by atoms with E-state index in [0.29, 0.717) is 19.0 Å². The van der Waals surface area contributed by atoms with Crippen molar-refractivity contribution < 1.29 is 9.84 Å². The number of nitrogens with zero attached hydrogens (tertiary/aromatic N) is 3. The summed E-state index contributed by atoms with van der Waals surface area (Å²) in [6, 6.07) is 29.8. The van der Waals surface area contributed by atoms with E-state index < -0.39 is 6.10 Å². The standard InChI is InChI=1S/C29H31N3O2/c1-22-27(20-31(19-23-17-18-23)21-28(33)24-11-5-2-6-12-24)29(34-26-15-9-4-10-16-26)32(30-22)25-13-7-3-8-14-25/h2-16,23,28,33H,17-21H2,1H3/t28-/m1/s1. The average molecular weight is 454 g/mol. The predicted molar refractivity (Wildman–Crippen MR) is 134 cm³/mol. The summed E-state index contributed by atoms with van der Waals surface area (Å²) < 4.78 is 8.33. The van der Waals surface area contributed by atoms with E-state index in [1.165, 1.54) is 12.8 Å². The number of para-hydroxylation sites is 2. The van der Waals surface area contributed by atoms with Gasteiger partial charge in [-0.05, 0) is 55.5 Å². The Hall–Kier alpha value is -3.41. The zero-order valence-corrected chi connectivity index (χ0v) is 19.5. The van der Waals surface area contributed by atoms with Crippen LogP contribution in [0.15, 0.2) is 91.0 Å². The van der Waals surface area contributed by atoms with Gasteiger partial charge in [0.1, 0.15) is 5.75 Å². The molecule has 1 aliphatic rings. The first-order valence-electron chi connectivity index (χ1n) is 12.0. The van der Waals surface area contributed by atoms with Crippen LogP contribution in [0.4, 0.5) is 0 Å². The molecule has 0 unspecified atom stereocenters. The van der Waals surface area contributed by atoms with Crippen molar-refractivity contribution in [3.05, 3.63) is 108 Å². The van der Waals surface area contributed by atoms with E-state index >= 15 is 0 Å². The third kappa shape index (κ3) is 5.38. The molecule has 5 nitrogen and oxygen atoms in total. The molecule has 1 aliphatic carbocycles. The molecule has 5 heteroatoms. The molecule has 1 fully saturated rings. The summed E-state index contributed by atoms with van der Waals surface area (Å²) in [6.45, 7) is 4.24. The van der Waals surface area contributed by atoms with Gasteiger partial charge in [-0.15, -0.1) is 0 Å². The van der Waals surface area contributed by atoms with Gasteiger partial charge in [-0.3, -0.25) is 4.90 Å². The SMILES string of the molecule is Cc1nn(-c2ccccc2)c(Oc2ccccc2)c1CN(CC1CC1)C[C@@H](O)c1ccccc1. The minimum absolute atomic E-state index is 0.539. The Bertz CT molecular complexity index is 1190. The Kier molecular flexibility index (Phi) is 6.74. The maximum absolute atomic E-state index is 11.0. The first kappa shape index (κ1) is 22.4. The summed E-state index contributed by atoms with van der Waals surface area (Å²) in [5, 5.41) is 15.8.